The highest BCUT2D eigenvalue weighted by Gasteiger charge is 2.21. The summed E-state index contributed by atoms with van der Waals surface area (Å²) in [5.41, 5.74) is 0.477. The fraction of sp³-hybridized carbons (Fsp3) is 1.00. The minimum absolute atomic E-state index is 0.477. The van der Waals surface area contributed by atoms with Gasteiger partial charge in [0.25, 0.3) is 0 Å². The van der Waals surface area contributed by atoms with Crippen molar-refractivity contribution in [1.29, 1.82) is 0 Å². The van der Waals surface area contributed by atoms with Crippen molar-refractivity contribution in [2.45, 2.75) is 91.6 Å². The molecule has 102 valence electrons. The maximum absolute atomic E-state index is 3.88. The number of hydrogen-bond acceptors (Lipinski definition) is 1. The van der Waals surface area contributed by atoms with E-state index in [-0.39, 0.29) is 0 Å². The van der Waals surface area contributed by atoms with E-state index in [4.69, 9.17) is 0 Å². The Hall–Kier alpha value is -0.0400. The van der Waals surface area contributed by atoms with Gasteiger partial charge in [-0.25, -0.2) is 0 Å². The van der Waals surface area contributed by atoms with Crippen molar-refractivity contribution < 1.29 is 0 Å². The van der Waals surface area contributed by atoms with Gasteiger partial charge in [-0.1, -0.05) is 47.0 Å². The summed E-state index contributed by atoms with van der Waals surface area (Å²) in [5.74, 6) is 0.870. The first-order valence-corrected chi connectivity index (χ1v) is 7.64. The van der Waals surface area contributed by atoms with Crippen LogP contribution < -0.4 is 5.32 Å². The van der Waals surface area contributed by atoms with E-state index in [2.05, 4.69) is 39.9 Å². The zero-order valence-electron chi connectivity index (χ0n) is 12.7. The minimum atomic E-state index is 0.477. The highest BCUT2D eigenvalue weighted by molar-refractivity contribution is 4.80. The van der Waals surface area contributed by atoms with Crippen molar-refractivity contribution in [2.75, 3.05) is 0 Å². The molecule has 1 N–H and O–H groups in total. The van der Waals surface area contributed by atoms with Gasteiger partial charge in [0.1, 0.15) is 0 Å². The van der Waals surface area contributed by atoms with Gasteiger partial charge in [-0.2, -0.15) is 0 Å². The van der Waals surface area contributed by atoms with Crippen LogP contribution in [0.1, 0.15) is 79.6 Å². The molecule has 1 aliphatic carbocycles. The Morgan fingerprint density at radius 1 is 1.12 bits per heavy atom. The molecule has 1 fully saturated rings. The van der Waals surface area contributed by atoms with Gasteiger partial charge in [-0.05, 0) is 43.9 Å². The van der Waals surface area contributed by atoms with E-state index in [1.807, 2.05) is 0 Å². The standard InChI is InChI=1S/C16H33N/c1-13-9-7-6-8-10-15(13)17-14(2)11-12-16(3,4)5/h13-15,17H,6-12H2,1-5H3. The Kier molecular flexibility index (Phi) is 5.99. The zero-order chi connectivity index (χ0) is 12.9. The molecule has 3 unspecified atom stereocenters. The molecule has 0 amide bonds. The van der Waals surface area contributed by atoms with Gasteiger partial charge in [0.05, 0.1) is 0 Å². The lowest BCUT2D eigenvalue weighted by molar-refractivity contribution is 0.288. The summed E-state index contributed by atoms with van der Waals surface area (Å²) in [6.07, 6.45) is 9.75. The van der Waals surface area contributed by atoms with Gasteiger partial charge in [-0.3, -0.25) is 0 Å². The van der Waals surface area contributed by atoms with Gasteiger partial charge >= 0.3 is 0 Å². The van der Waals surface area contributed by atoms with Crippen LogP contribution in [-0.4, -0.2) is 12.1 Å². The average molecular weight is 239 g/mol. The summed E-state index contributed by atoms with van der Waals surface area (Å²) in [4.78, 5) is 0. The van der Waals surface area contributed by atoms with Crippen LogP contribution in [0.3, 0.4) is 0 Å². The third-order valence-electron chi connectivity index (χ3n) is 4.19. The maximum atomic E-state index is 3.88. The molecule has 0 aromatic heterocycles. The van der Waals surface area contributed by atoms with Crippen LogP contribution in [0.15, 0.2) is 0 Å². The van der Waals surface area contributed by atoms with Crippen molar-refractivity contribution in [3.63, 3.8) is 0 Å². The van der Waals surface area contributed by atoms with E-state index in [9.17, 15) is 0 Å². The Labute approximate surface area is 109 Å². The second kappa shape index (κ2) is 6.78. The Balaban J connectivity index is 2.30. The first kappa shape index (κ1) is 15.0. The maximum Gasteiger partial charge on any atom is 0.00951 e. The Morgan fingerprint density at radius 2 is 1.76 bits per heavy atom. The number of hydrogen-bond donors (Lipinski definition) is 1. The van der Waals surface area contributed by atoms with E-state index >= 15 is 0 Å². The van der Waals surface area contributed by atoms with E-state index in [1.54, 1.807) is 0 Å². The summed E-state index contributed by atoms with van der Waals surface area (Å²) in [7, 11) is 0. The van der Waals surface area contributed by atoms with E-state index in [1.165, 1.54) is 44.9 Å². The molecule has 0 aromatic rings. The molecular formula is C16H33N. The van der Waals surface area contributed by atoms with Gasteiger partial charge in [0, 0.05) is 12.1 Å². The zero-order valence-corrected chi connectivity index (χ0v) is 12.7. The summed E-state index contributed by atoms with van der Waals surface area (Å²) < 4.78 is 0. The lowest BCUT2D eigenvalue weighted by Gasteiger charge is -2.28. The third-order valence-corrected chi connectivity index (χ3v) is 4.19. The predicted molar refractivity (Wildman–Crippen MR) is 77.3 cm³/mol. The quantitative estimate of drug-likeness (QED) is 0.697. The molecule has 1 heteroatoms. The van der Waals surface area contributed by atoms with Crippen molar-refractivity contribution in [1.82, 2.24) is 5.32 Å². The van der Waals surface area contributed by atoms with Crippen molar-refractivity contribution >= 4 is 0 Å². The molecule has 0 heterocycles. The number of nitrogens with one attached hydrogen (secondary N) is 1. The lowest BCUT2D eigenvalue weighted by atomic mass is 9.88. The van der Waals surface area contributed by atoms with Gasteiger partial charge in [0.2, 0.25) is 0 Å². The lowest BCUT2D eigenvalue weighted by Crippen LogP contribution is -2.40. The molecule has 1 saturated carbocycles. The minimum Gasteiger partial charge on any atom is -0.311 e. The predicted octanol–water partition coefficient (Wildman–Crippen LogP) is 4.76. The van der Waals surface area contributed by atoms with Crippen LogP contribution in [0.5, 0.6) is 0 Å². The summed E-state index contributed by atoms with van der Waals surface area (Å²) in [6, 6.07) is 1.45. The SMILES string of the molecule is CC(CCC(C)(C)C)NC1CCCCCC1C. The molecule has 0 bridgehead atoms. The molecule has 1 aliphatic rings. The normalized spacial score (nSPS) is 28.8. The molecule has 1 nitrogen and oxygen atoms in total. The van der Waals surface area contributed by atoms with Crippen LogP contribution in [-0.2, 0) is 0 Å². The monoisotopic (exact) mass is 239 g/mol. The second-order valence-electron chi connectivity index (χ2n) is 7.39. The van der Waals surface area contributed by atoms with Gasteiger partial charge < -0.3 is 5.32 Å². The highest BCUT2D eigenvalue weighted by atomic mass is 14.9. The van der Waals surface area contributed by atoms with Crippen LogP contribution in [0.2, 0.25) is 0 Å². The molecule has 0 radical (unpaired) electrons. The van der Waals surface area contributed by atoms with Crippen LogP contribution in [0.4, 0.5) is 0 Å². The van der Waals surface area contributed by atoms with E-state index in [0.29, 0.717) is 11.5 Å². The largest absolute Gasteiger partial charge is 0.311 e. The molecule has 0 spiro atoms. The average Bonchev–Trinajstić information content (AvgIpc) is 2.41. The Bertz CT molecular complexity index is 204. The van der Waals surface area contributed by atoms with Crippen molar-refractivity contribution in [3.05, 3.63) is 0 Å². The summed E-state index contributed by atoms with van der Waals surface area (Å²) in [6.45, 7) is 11.8. The smallest absolute Gasteiger partial charge is 0.00951 e. The van der Waals surface area contributed by atoms with Crippen LogP contribution in [0.25, 0.3) is 0 Å². The van der Waals surface area contributed by atoms with Crippen molar-refractivity contribution in [3.8, 4) is 0 Å². The third kappa shape index (κ3) is 6.45. The highest BCUT2D eigenvalue weighted by Crippen LogP contribution is 2.25. The van der Waals surface area contributed by atoms with E-state index < -0.39 is 0 Å². The van der Waals surface area contributed by atoms with Crippen LogP contribution >= 0.6 is 0 Å². The fourth-order valence-corrected chi connectivity index (χ4v) is 2.84. The molecule has 0 aromatic carbocycles. The van der Waals surface area contributed by atoms with Gasteiger partial charge in [-0.15, -0.1) is 0 Å². The molecule has 17 heavy (non-hydrogen) atoms. The molecular weight excluding hydrogens is 206 g/mol. The molecule has 0 saturated heterocycles. The summed E-state index contributed by atoms with van der Waals surface area (Å²) in [5, 5.41) is 3.88. The topological polar surface area (TPSA) is 12.0 Å². The first-order chi connectivity index (χ1) is 7.88. The molecule has 3 atom stereocenters. The second-order valence-corrected chi connectivity index (χ2v) is 7.39. The van der Waals surface area contributed by atoms with Crippen molar-refractivity contribution in [2.24, 2.45) is 11.3 Å². The van der Waals surface area contributed by atoms with Crippen LogP contribution in [0, 0.1) is 11.3 Å². The number of rotatable bonds is 4. The van der Waals surface area contributed by atoms with Gasteiger partial charge in [0.15, 0.2) is 0 Å². The summed E-state index contributed by atoms with van der Waals surface area (Å²) >= 11 is 0. The fourth-order valence-electron chi connectivity index (χ4n) is 2.84. The van der Waals surface area contributed by atoms with E-state index in [0.717, 1.165) is 12.0 Å². The molecule has 1 rings (SSSR count). The Morgan fingerprint density at radius 3 is 2.41 bits per heavy atom. The molecule has 0 aliphatic heterocycles. The first-order valence-electron chi connectivity index (χ1n) is 7.64.